The molecule has 0 saturated heterocycles. The quantitative estimate of drug-likeness (QED) is 0.754. The van der Waals surface area contributed by atoms with E-state index in [2.05, 4.69) is 29.7 Å². The molecule has 0 amide bonds. The van der Waals surface area contributed by atoms with Gasteiger partial charge in [0.05, 0.1) is 30.3 Å². The Bertz CT molecular complexity index is 510. The fourth-order valence-electron chi connectivity index (χ4n) is 3.09. The van der Waals surface area contributed by atoms with Crippen LogP contribution in [0.3, 0.4) is 0 Å². The van der Waals surface area contributed by atoms with E-state index in [1.165, 1.54) is 0 Å². The molecule has 20 heavy (non-hydrogen) atoms. The molecule has 0 spiro atoms. The van der Waals surface area contributed by atoms with Crippen molar-refractivity contribution in [2.75, 3.05) is 14.1 Å². The van der Waals surface area contributed by atoms with Crippen LogP contribution in [-0.2, 0) is 0 Å². The zero-order valence-electron chi connectivity index (χ0n) is 12.2. The van der Waals surface area contributed by atoms with E-state index in [-0.39, 0.29) is 5.92 Å². The number of rotatable bonds is 2. The van der Waals surface area contributed by atoms with Gasteiger partial charge < -0.3 is 0 Å². The number of nitriles is 4. The molecule has 0 aromatic rings. The highest BCUT2D eigenvalue weighted by Gasteiger charge is 2.61. The van der Waals surface area contributed by atoms with Crippen molar-refractivity contribution in [1.82, 2.24) is 10.4 Å². The molecule has 0 aromatic carbocycles. The summed E-state index contributed by atoms with van der Waals surface area (Å²) in [6, 6.07) is 7.84. The molecule has 1 rings (SSSR count). The molecule has 1 fully saturated rings. The van der Waals surface area contributed by atoms with E-state index in [9.17, 15) is 21.0 Å². The minimum absolute atomic E-state index is 0.222. The molecule has 1 N–H and O–H groups in total. The van der Waals surface area contributed by atoms with Gasteiger partial charge in [-0.2, -0.15) is 21.0 Å². The van der Waals surface area contributed by atoms with E-state index >= 15 is 0 Å². The van der Waals surface area contributed by atoms with E-state index in [0.29, 0.717) is 6.42 Å². The summed E-state index contributed by atoms with van der Waals surface area (Å²) in [5.74, 6) is -0.888. The Balaban J connectivity index is 3.42. The van der Waals surface area contributed by atoms with Crippen molar-refractivity contribution in [3.05, 3.63) is 0 Å². The third kappa shape index (κ3) is 2.00. The Morgan fingerprint density at radius 3 is 1.75 bits per heavy atom. The van der Waals surface area contributed by atoms with Gasteiger partial charge in [-0.15, -0.1) is 0 Å². The van der Waals surface area contributed by atoms with Crippen LogP contribution in [0.25, 0.3) is 0 Å². The summed E-state index contributed by atoms with van der Waals surface area (Å²) in [6.07, 6.45) is 0.421. The summed E-state index contributed by atoms with van der Waals surface area (Å²) in [6.45, 7) is 3.48. The monoisotopic (exact) mass is 270 g/mol. The zero-order chi connectivity index (χ0) is 15.6. The largest absolute Gasteiger partial charge is 0.250 e. The van der Waals surface area contributed by atoms with E-state index in [0.717, 1.165) is 0 Å². The zero-order valence-corrected chi connectivity index (χ0v) is 12.2. The molecule has 1 aliphatic rings. The molecule has 3 atom stereocenters. The fourth-order valence-corrected chi connectivity index (χ4v) is 3.09. The topological polar surface area (TPSA) is 110 Å². The number of hydrogen-bond donors (Lipinski definition) is 1. The van der Waals surface area contributed by atoms with Crippen LogP contribution in [0.5, 0.6) is 0 Å². The number of hydrogen-bond acceptors (Lipinski definition) is 6. The second-order valence-electron chi connectivity index (χ2n) is 5.62. The van der Waals surface area contributed by atoms with Crippen molar-refractivity contribution in [2.45, 2.75) is 26.3 Å². The number of nitrogens with one attached hydrogen (secondary N) is 1. The van der Waals surface area contributed by atoms with Crippen LogP contribution >= 0.6 is 0 Å². The number of nitrogens with zero attached hydrogens (tertiary/aromatic N) is 5. The molecule has 104 valence electrons. The van der Waals surface area contributed by atoms with Crippen LogP contribution < -0.4 is 5.43 Å². The van der Waals surface area contributed by atoms with Crippen LogP contribution in [0.4, 0.5) is 0 Å². The first-order valence-corrected chi connectivity index (χ1v) is 6.43. The maximum Gasteiger partial charge on any atom is 0.165 e. The molecule has 6 heteroatoms. The van der Waals surface area contributed by atoms with Gasteiger partial charge in [-0.3, -0.25) is 5.01 Å². The lowest BCUT2D eigenvalue weighted by Gasteiger charge is -2.48. The first kappa shape index (κ1) is 15.9. The summed E-state index contributed by atoms with van der Waals surface area (Å²) < 4.78 is 0. The van der Waals surface area contributed by atoms with E-state index in [1.807, 2.05) is 6.92 Å². The molecule has 0 aromatic heterocycles. The molecule has 6 nitrogen and oxygen atoms in total. The van der Waals surface area contributed by atoms with Gasteiger partial charge in [0, 0.05) is 20.0 Å². The lowest BCUT2D eigenvalue weighted by atomic mass is 9.51. The van der Waals surface area contributed by atoms with Crippen LogP contribution in [0.2, 0.25) is 0 Å². The van der Waals surface area contributed by atoms with Crippen LogP contribution in [0, 0.1) is 68.0 Å². The third-order valence-corrected chi connectivity index (χ3v) is 4.44. The lowest BCUT2D eigenvalue weighted by Crippen LogP contribution is -2.61. The van der Waals surface area contributed by atoms with Crippen molar-refractivity contribution in [2.24, 2.45) is 22.7 Å². The summed E-state index contributed by atoms with van der Waals surface area (Å²) in [5, 5.41) is 39.7. The molecule has 0 bridgehead atoms. The van der Waals surface area contributed by atoms with Gasteiger partial charge in [-0.25, -0.2) is 5.43 Å². The van der Waals surface area contributed by atoms with Gasteiger partial charge >= 0.3 is 0 Å². The first-order valence-electron chi connectivity index (χ1n) is 6.43. The summed E-state index contributed by atoms with van der Waals surface area (Å²) in [7, 11) is 3.57. The van der Waals surface area contributed by atoms with Crippen molar-refractivity contribution in [3.63, 3.8) is 0 Å². The molecule has 1 aliphatic carbocycles. The lowest BCUT2D eigenvalue weighted by molar-refractivity contribution is 0.0221. The SMILES string of the molecule is C[C@H]1C(C#N)(C#N)[C@H](C)C[C@@H](NN(C)C)C1(C#N)C#N. The van der Waals surface area contributed by atoms with Crippen LogP contribution in [-0.4, -0.2) is 25.1 Å². The van der Waals surface area contributed by atoms with Gasteiger partial charge in [0.15, 0.2) is 10.8 Å². The maximum absolute atomic E-state index is 9.55. The average Bonchev–Trinajstić information content (AvgIpc) is 2.41. The standard InChI is InChI=1S/C14H18N6/c1-10-5-12(19-20(3)4)14(8-17,9-18)11(2)13(10,6-15)7-16/h10-12,19H,5H2,1-4H3/t10-,11+,12-/m1/s1. The van der Waals surface area contributed by atoms with Gasteiger partial charge in [0.1, 0.15) is 0 Å². The van der Waals surface area contributed by atoms with Gasteiger partial charge in [-0.05, 0) is 12.3 Å². The number of hydrazine groups is 1. The maximum atomic E-state index is 9.55. The Hall–Kier alpha value is -2.12. The highest BCUT2D eigenvalue weighted by atomic mass is 15.5. The molecular formula is C14H18N6. The van der Waals surface area contributed by atoms with Crippen LogP contribution in [0.15, 0.2) is 0 Å². The molecule has 0 radical (unpaired) electrons. The first-order chi connectivity index (χ1) is 9.34. The Labute approximate surface area is 119 Å². The third-order valence-electron chi connectivity index (χ3n) is 4.44. The molecule has 0 unspecified atom stereocenters. The Morgan fingerprint density at radius 1 is 0.950 bits per heavy atom. The average molecular weight is 270 g/mol. The van der Waals surface area contributed by atoms with Gasteiger partial charge in [0.25, 0.3) is 0 Å². The van der Waals surface area contributed by atoms with E-state index < -0.39 is 22.8 Å². The molecule has 1 saturated carbocycles. The van der Waals surface area contributed by atoms with Gasteiger partial charge in [0.2, 0.25) is 0 Å². The predicted octanol–water partition coefficient (Wildman–Crippen LogP) is 1.16. The second kappa shape index (κ2) is 5.48. The second-order valence-corrected chi connectivity index (χ2v) is 5.62. The van der Waals surface area contributed by atoms with E-state index in [1.54, 1.807) is 26.0 Å². The van der Waals surface area contributed by atoms with Crippen molar-refractivity contribution in [1.29, 1.82) is 21.0 Å². The summed E-state index contributed by atoms with van der Waals surface area (Å²) in [5.41, 5.74) is 0.381. The summed E-state index contributed by atoms with van der Waals surface area (Å²) in [4.78, 5) is 0. The van der Waals surface area contributed by atoms with Crippen molar-refractivity contribution < 1.29 is 0 Å². The predicted molar refractivity (Wildman–Crippen MR) is 70.9 cm³/mol. The van der Waals surface area contributed by atoms with Gasteiger partial charge in [-0.1, -0.05) is 13.8 Å². The normalized spacial score (nSPS) is 30.6. The smallest absolute Gasteiger partial charge is 0.165 e. The highest BCUT2D eigenvalue weighted by molar-refractivity contribution is 5.33. The Morgan fingerprint density at radius 2 is 1.40 bits per heavy atom. The van der Waals surface area contributed by atoms with Crippen molar-refractivity contribution >= 4 is 0 Å². The minimum Gasteiger partial charge on any atom is -0.250 e. The summed E-state index contributed by atoms with van der Waals surface area (Å²) >= 11 is 0. The van der Waals surface area contributed by atoms with E-state index in [4.69, 9.17) is 0 Å². The molecular weight excluding hydrogens is 252 g/mol. The highest BCUT2D eigenvalue weighted by Crippen LogP contribution is 2.53. The molecule has 0 heterocycles. The van der Waals surface area contributed by atoms with Crippen molar-refractivity contribution in [3.8, 4) is 24.3 Å². The minimum atomic E-state index is -1.40. The molecule has 0 aliphatic heterocycles. The Kier molecular flexibility index (Phi) is 4.36. The fraction of sp³-hybridized carbons (Fsp3) is 0.714. The van der Waals surface area contributed by atoms with Crippen LogP contribution in [0.1, 0.15) is 20.3 Å².